The lowest BCUT2D eigenvalue weighted by atomic mass is 9.69. The molecule has 4 atom stereocenters. The summed E-state index contributed by atoms with van der Waals surface area (Å²) in [5.41, 5.74) is 4.19. The van der Waals surface area contributed by atoms with Crippen LogP contribution in [0.15, 0.2) is 46.8 Å². The van der Waals surface area contributed by atoms with E-state index in [1.807, 2.05) is 52.0 Å². The molecule has 0 saturated heterocycles. The van der Waals surface area contributed by atoms with Crippen LogP contribution in [0.25, 0.3) is 0 Å². The van der Waals surface area contributed by atoms with Crippen molar-refractivity contribution in [2.24, 2.45) is 11.8 Å². The lowest BCUT2D eigenvalue weighted by Crippen LogP contribution is -2.43. The van der Waals surface area contributed by atoms with E-state index in [1.54, 1.807) is 0 Å². The molecule has 1 aromatic rings. The van der Waals surface area contributed by atoms with Crippen molar-refractivity contribution in [3.05, 3.63) is 52.4 Å². The van der Waals surface area contributed by atoms with Crippen molar-refractivity contribution in [1.82, 2.24) is 5.32 Å². The number of benzene rings is 1. The molecule has 1 heterocycles. The van der Waals surface area contributed by atoms with Crippen molar-refractivity contribution >= 4 is 23.4 Å². The summed E-state index contributed by atoms with van der Waals surface area (Å²) >= 11 is 0. The van der Waals surface area contributed by atoms with Crippen LogP contribution in [0.3, 0.4) is 0 Å². The smallest absolute Gasteiger partial charge is 0.337 e. The van der Waals surface area contributed by atoms with Crippen LogP contribution in [0.2, 0.25) is 0 Å². The molecule has 1 aromatic carbocycles. The van der Waals surface area contributed by atoms with Crippen molar-refractivity contribution < 1.29 is 23.9 Å². The van der Waals surface area contributed by atoms with Gasteiger partial charge in [-0.3, -0.25) is 9.59 Å². The number of methoxy groups -OCH3 is 1. The first-order valence-corrected chi connectivity index (χ1v) is 12.6. The number of carbonyl (C=O) groups is 3. The summed E-state index contributed by atoms with van der Waals surface area (Å²) in [6.45, 7) is 13.5. The second-order valence-electron chi connectivity index (χ2n) is 9.42. The van der Waals surface area contributed by atoms with Gasteiger partial charge < -0.3 is 19.7 Å². The third-order valence-electron chi connectivity index (χ3n) is 7.20. The molecule has 0 unspecified atom stereocenters. The molecule has 0 radical (unpaired) electrons. The standard InChI is InChI=1S/C28H38N2O5/c1-8-17(5)35-28(33)23-18(6)29-21-15-16(4)22(27(32)34-7)26(31)25(21)24(23)19-11-13-20(14-12-19)30(9-2)10-3/h11-14,16-17,22,24,29H,8-10,15H2,1-7H3/t16-,17-,22-,24-/m0/s1. The highest BCUT2D eigenvalue weighted by molar-refractivity contribution is 6.12. The molecule has 35 heavy (non-hydrogen) atoms. The van der Waals surface area contributed by atoms with Crippen LogP contribution in [-0.4, -0.2) is 44.0 Å². The number of ketones is 1. The van der Waals surface area contributed by atoms with Crippen LogP contribution >= 0.6 is 0 Å². The molecule has 7 heteroatoms. The molecule has 1 aliphatic carbocycles. The van der Waals surface area contributed by atoms with Crippen molar-refractivity contribution in [3.63, 3.8) is 0 Å². The second kappa shape index (κ2) is 11.1. The first-order valence-electron chi connectivity index (χ1n) is 12.6. The largest absolute Gasteiger partial charge is 0.468 e. The molecule has 7 nitrogen and oxygen atoms in total. The Kier molecular flexibility index (Phi) is 8.41. The lowest BCUT2D eigenvalue weighted by Gasteiger charge is -2.38. The Morgan fingerprint density at radius 2 is 1.77 bits per heavy atom. The number of hydrogen-bond donors (Lipinski definition) is 1. The highest BCUT2D eigenvalue weighted by Gasteiger charge is 2.47. The van der Waals surface area contributed by atoms with Crippen molar-refractivity contribution in [2.45, 2.75) is 66.4 Å². The summed E-state index contributed by atoms with van der Waals surface area (Å²) in [5, 5.41) is 3.30. The van der Waals surface area contributed by atoms with Gasteiger partial charge in [0.1, 0.15) is 5.92 Å². The number of hydrogen-bond acceptors (Lipinski definition) is 7. The van der Waals surface area contributed by atoms with Crippen molar-refractivity contribution in [1.29, 1.82) is 0 Å². The van der Waals surface area contributed by atoms with Gasteiger partial charge in [-0.05, 0) is 64.2 Å². The van der Waals surface area contributed by atoms with E-state index in [0.29, 0.717) is 29.7 Å². The first kappa shape index (κ1) is 26.5. The summed E-state index contributed by atoms with van der Waals surface area (Å²) in [6, 6.07) is 7.98. The minimum absolute atomic E-state index is 0.215. The average molecular weight is 483 g/mol. The SMILES string of the molecule is CC[C@H](C)OC(=O)C1=C(C)NC2=C(C(=O)[C@@H](C(=O)OC)[C@@H](C)C2)[C@H]1c1ccc(N(CC)CC)cc1. The van der Waals surface area contributed by atoms with Crippen LogP contribution in [0.4, 0.5) is 5.69 Å². The third-order valence-corrected chi connectivity index (χ3v) is 7.20. The summed E-state index contributed by atoms with van der Waals surface area (Å²) in [7, 11) is 1.30. The minimum Gasteiger partial charge on any atom is -0.468 e. The zero-order chi connectivity index (χ0) is 25.9. The molecule has 0 saturated carbocycles. The van der Waals surface area contributed by atoms with Crippen LogP contribution < -0.4 is 10.2 Å². The number of ether oxygens (including phenoxy) is 2. The van der Waals surface area contributed by atoms with Crippen molar-refractivity contribution in [3.8, 4) is 0 Å². The van der Waals surface area contributed by atoms with Gasteiger partial charge in [0.2, 0.25) is 0 Å². The number of anilines is 1. The Morgan fingerprint density at radius 1 is 1.14 bits per heavy atom. The Balaban J connectivity index is 2.15. The van der Waals surface area contributed by atoms with Crippen LogP contribution in [0.1, 0.15) is 65.9 Å². The van der Waals surface area contributed by atoms with Gasteiger partial charge in [0.05, 0.1) is 18.8 Å². The quantitative estimate of drug-likeness (QED) is 0.432. The van der Waals surface area contributed by atoms with Gasteiger partial charge in [-0.1, -0.05) is 26.0 Å². The fourth-order valence-corrected chi connectivity index (χ4v) is 5.08. The monoisotopic (exact) mass is 482 g/mol. The van der Waals surface area contributed by atoms with E-state index < -0.39 is 23.8 Å². The van der Waals surface area contributed by atoms with E-state index in [0.717, 1.165) is 30.0 Å². The zero-order valence-corrected chi connectivity index (χ0v) is 21.9. The van der Waals surface area contributed by atoms with E-state index in [1.165, 1.54) is 7.11 Å². The predicted octanol–water partition coefficient (Wildman–Crippen LogP) is 4.49. The maximum atomic E-state index is 13.8. The van der Waals surface area contributed by atoms with E-state index in [2.05, 4.69) is 24.1 Å². The molecule has 0 spiro atoms. The third kappa shape index (κ3) is 5.14. The van der Waals surface area contributed by atoms with Crippen LogP contribution in [0, 0.1) is 11.8 Å². The van der Waals surface area contributed by atoms with E-state index in [-0.39, 0.29) is 17.8 Å². The van der Waals surface area contributed by atoms with Gasteiger partial charge in [-0.25, -0.2) is 4.79 Å². The summed E-state index contributed by atoms with van der Waals surface area (Å²) in [4.78, 5) is 42.0. The number of Topliss-reactive ketones (excluding diaryl/α,β-unsaturated/α-hetero) is 1. The van der Waals surface area contributed by atoms with Crippen LogP contribution in [-0.2, 0) is 23.9 Å². The highest BCUT2D eigenvalue weighted by atomic mass is 16.5. The molecule has 1 N–H and O–H groups in total. The molecule has 0 aromatic heterocycles. The van der Waals surface area contributed by atoms with Gasteiger partial charge in [-0.15, -0.1) is 0 Å². The molecule has 2 aliphatic rings. The normalized spacial score (nSPS) is 22.8. The lowest BCUT2D eigenvalue weighted by molar-refractivity contribution is -0.151. The summed E-state index contributed by atoms with van der Waals surface area (Å²) in [6.07, 6.45) is 0.942. The van der Waals surface area contributed by atoms with Gasteiger partial charge in [0, 0.05) is 41.7 Å². The summed E-state index contributed by atoms with van der Waals surface area (Å²) in [5.74, 6) is -3.02. The number of rotatable bonds is 8. The Hall–Kier alpha value is -3.09. The predicted molar refractivity (Wildman–Crippen MR) is 136 cm³/mol. The fraction of sp³-hybridized carbons (Fsp3) is 0.536. The Bertz CT molecular complexity index is 1040. The molecule has 190 valence electrons. The minimum atomic E-state index is -0.900. The molecule has 0 amide bonds. The highest BCUT2D eigenvalue weighted by Crippen LogP contribution is 2.45. The van der Waals surface area contributed by atoms with Gasteiger partial charge in [0.15, 0.2) is 5.78 Å². The number of esters is 2. The topological polar surface area (TPSA) is 84.9 Å². The summed E-state index contributed by atoms with van der Waals surface area (Å²) < 4.78 is 10.7. The maximum absolute atomic E-state index is 13.8. The molecule has 3 rings (SSSR count). The van der Waals surface area contributed by atoms with Gasteiger partial charge in [-0.2, -0.15) is 0 Å². The van der Waals surface area contributed by atoms with E-state index in [9.17, 15) is 14.4 Å². The molecule has 1 aliphatic heterocycles. The molecule has 0 fully saturated rings. The number of dihydropyridines is 1. The van der Waals surface area contributed by atoms with Gasteiger partial charge in [0.25, 0.3) is 0 Å². The first-order chi connectivity index (χ1) is 16.7. The Labute approximate surface area is 208 Å². The maximum Gasteiger partial charge on any atom is 0.337 e. The molecular formula is C28H38N2O5. The molecule has 0 bridgehead atoms. The van der Waals surface area contributed by atoms with Crippen LogP contribution in [0.5, 0.6) is 0 Å². The zero-order valence-electron chi connectivity index (χ0n) is 21.9. The Morgan fingerprint density at radius 3 is 2.31 bits per heavy atom. The number of nitrogens with zero attached hydrogens (tertiary/aromatic N) is 1. The second-order valence-corrected chi connectivity index (χ2v) is 9.42. The van der Waals surface area contributed by atoms with E-state index in [4.69, 9.17) is 9.47 Å². The molecular weight excluding hydrogens is 444 g/mol. The number of carbonyl (C=O) groups excluding carboxylic acids is 3. The van der Waals surface area contributed by atoms with E-state index >= 15 is 0 Å². The number of nitrogens with one attached hydrogen (secondary N) is 1. The average Bonchev–Trinajstić information content (AvgIpc) is 2.83. The fourth-order valence-electron chi connectivity index (χ4n) is 5.08. The van der Waals surface area contributed by atoms with Gasteiger partial charge >= 0.3 is 11.9 Å². The number of allylic oxidation sites excluding steroid dienone is 3. The van der Waals surface area contributed by atoms with Crippen molar-refractivity contribution in [2.75, 3.05) is 25.1 Å².